The van der Waals surface area contributed by atoms with E-state index in [1.54, 1.807) is 21.3 Å². The standard InChI is InChI=1S/C3H5Cl.C3H10O3Si/c4-3-1-2-3;1-4-7(5-2)6-3/h3H,1-2H2;7H,1-3H3. The Balaban J connectivity index is 0.000000207. The number of rotatable bonds is 3. The molecule has 0 aliphatic heterocycles. The number of halogens is 1. The van der Waals surface area contributed by atoms with Crippen LogP contribution in [0.5, 0.6) is 0 Å². The molecular weight excluding hydrogens is 184 g/mol. The van der Waals surface area contributed by atoms with Gasteiger partial charge in [-0.25, -0.2) is 0 Å². The summed E-state index contributed by atoms with van der Waals surface area (Å²) in [5, 5.41) is 0.556. The Bertz CT molecular complexity index is 80.4. The molecule has 1 rings (SSSR count). The van der Waals surface area contributed by atoms with Crippen molar-refractivity contribution in [3.8, 4) is 0 Å². The maximum atomic E-state index is 5.39. The highest BCUT2D eigenvalue weighted by atomic mass is 35.5. The first kappa shape index (κ1) is 11.4. The predicted octanol–water partition coefficient (Wildman–Crippen LogP) is 1.03. The maximum Gasteiger partial charge on any atom is 0.483 e. The molecule has 0 N–H and O–H groups in total. The lowest BCUT2D eigenvalue weighted by Crippen LogP contribution is -2.21. The van der Waals surface area contributed by atoms with Crippen LogP contribution in [0.4, 0.5) is 0 Å². The zero-order valence-corrected chi connectivity index (χ0v) is 9.08. The molecule has 0 spiro atoms. The maximum absolute atomic E-state index is 5.39. The van der Waals surface area contributed by atoms with Gasteiger partial charge in [0, 0.05) is 26.7 Å². The normalized spacial score (nSPS) is 16.1. The molecule has 1 aliphatic rings. The van der Waals surface area contributed by atoms with Gasteiger partial charge in [0.1, 0.15) is 0 Å². The third-order valence-corrected chi connectivity index (χ3v) is 2.68. The van der Waals surface area contributed by atoms with E-state index in [1.807, 2.05) is 0 Å². The fourth-order valence-corrected chi connectivity index (χ4v) is 1.06. The summed E-state index contributed by atoms with van der Waals surface area (Å²) in [4.78, 5) is 0. The van der Waals surface area contributed by atoms with Gasteiger partial charge in [-0.05, 0) is 12.8 Å². The molecule has 0 heterocycles. The molecule has 11 heavy (non-hydrogen) atoms. The summed E-state index contributed by atoms with van der Waals surface area (Å²) in [5.41, 5.74) is 0. The lowest BCUT2D eigenvalue weighted by atomic mass is 11.0. The molecule has 0 bridgehead atoms. The van der Waals surface area contributed by atoms with Gasteiger partial charge in [-0.15, -0.1) is 11.6 Å². The van der Waals surface area contributed by atoms with Crippen molar-refractivity contribution in [2.75, 3.05) is 21.3 Å². The van der Waals surface area contributed by atoms with Crippen molar-refractivity contribution in [3.63, 3.8) is 0 Å². The summed E-state index contributed by atoms with van der Waals surface area (Å²) in [6.45, 7) is 0. The van der Waals surface area contributed by atoms with Crippen LogP contribution in [0, 0.1) is 0 Å². The largest absolute Gasteiger partial charge is 0.483 e. The minimum atomic E-state index is -1.67. The minimum Gasteiger partial charge on any atom is -0.379 e. The van der Waals surface area contributed by atoms with Gasteiger partial charge < -0.3 is 13.3 Å². The molecule has 1 aliphatic carbocycles. The van der Waals surface area contributed by atoms with E-state index >= 15 is 0 Å². The lowest BCUT2D eigenvalue weighted by Gasteiger charge is -2.05. The Hall–Kier alpha value is 0.387. The molecule has 0 aromatic rings. The van der Waals surface area contributed by atoms with E-state index in [9.17, 15) is 0 Å². The van der Waals surface area contributed by atoms with Crippen molar-refractivity contribution < 1.29 is 13.3 Å². The van der Waals surface area contributed by atoms with Crippen LogP contribution in [0.2, 0.25) is 0 Å². The van der Waals surface area contributed by atoms with Crippen molar-refractivity contribution in [2.45, 2.75) is 18.2 Å². The quantitative estimate of drug-likeness (QED) is 0.501. The van der Waals surface area contributed by atoms with E-state index in [1.165, 1.54) is 12.8 Å². The van der Waals surface area contributed by atoms with Gasteiger partial charge in [-0.2, -0.15) is 0 Å². The summed E-state index contributed by atoms with van der Waals surface area (Å²) in [6.07, 6.45) is 2.50. The van der Waals surface area contributed by atoms with Crippen molar-refractivity contribution in [2.24, 2.45) is 0 Å². The van der Waals surface area contributed by atoms with Crippen molar-refractivity contribution in [3.05, 3.63) is 0 Å². The first-order valence-electron chi connectivity index (χ1n) is 3.47. The highest BCUT2D eigenvalue weighted by Crippen LogP contribution is 2.25. The Morgan fingerprint density at radius 3 is 1.36 bits per heavy atom. The van der Waals surface area contributed by atoms with Gasteiger partial charge in [0.15, 0.2) is 0 Å². The Morgan fingerprint density at radius 2 is 1.36 bits per heavy atom. The van der Waals surface area contributed by atoms with Crippen LogP contribution in [-0.2, 0) is 13.3 Å². The monoisotopic (exact) mass is 198 g/mol. The van der Waals surface area contributed by atoms with E-state index < -0.39 is 9.53 Å². The Labute approximate surface area is 74.6 Å². The molecule has 0 aromatic heterocycles. The fraction of sp³-hybridized carbons (Fsp3) is 1.00. The van der Waals surface area contributed by atoms with E-state index in [2.05, 4.69) is 0 Å². The number of hydrogen-bond donors (Lipinski definition) is 0. The topological polar surface area (TPSA) is 27.7 Å². The third kappa shape index (κ3) is 8.29. The Kier molecular flexibility index (Phi) is 7.31. The number of hydrogen-bond acceptors (Lipinski definition) is 3. The van der Waals surface area contributed by atoms with Crippen molar-refractivity contribution >= 4 is 21.1 Å². The second-order valence-electron chi connectivity index (χ2n) is 2.17. The third-order valence-electron chi connectivity index (χ3n) is 1.08. The van der Waals surface area contributed by atoms with Crippen LogP contribution < -0.4 is 0 Å². The summed E-state index contributed by atoms with van der Waals surface area (Å²) >= 11 is 5.39. The zero-order chi connectivity index (χ0) is 8.69. The van der Waals surface area contributed by atoms with Gasteiger partial charge in [0.25, 0.3) is 0 Å². The molecule has 0 aromatic carbocycles. The highest BCUT2D eigenvalue weighted by Gasteiger charge is 2.15. The average Bonchev–Trinajstić information content (AvgIpc) is 2.77. The minimum absolute atomic E-state index is 0.556. The Morgan fingerprint density at radius 1 is 1.09 bits per heavy atom. The summed E-state index contributed by atoms with van der Waals surface area (Å²) in [6, 6.07) is 0. The van der Waals surface area contributed by atoms with Crippen LogP contribution >= 0.6 is 11.6 Å². The summed E-state index contributed by atoms with van der Waals surface area (Å²) in [7, 11) is 3.05. The summed E-state index contributed by atoms with van der Waals surface area (Å²) < 4.78 is 14.2. The molecular formula is C6H15ClO3Si. The first-order chi connectivity index (χ1) is 5.24. The lowest BCUT2D eigenvalue weighted by molar-refractivity contribution is 0.163. The molecule has 68 valence electrons. The van der Waals surface area contributed by atoms with E-state index in [0.717, 1.165) is 0 Å². The first-order valence-corrected chi connectivity index (χ1v) is 5.32. The second-order valence-corrected chi connectivity index (χ2v) is 4.78. The van der Waals surface area contributed by atoms with Crippen LogP contribution in [0.3, 0.4) is 0 Å². The smallest absolute Gasteiger partial charge is 0.379 e. The summed E-state index contributed by atoms with van der Waals surface area (Å²) in [5.74, 6) is 0. The molecule has 0 atom stereocenters. The van der Waals surface area contributed by atoms with Crippen molar-refractivity contribution in [1.29, 1.82) is 0 Å². The van der Waals surface area contributed by atoms with Gasteiger partial charge in [0.2, 0.25) is 0 Å². The van der Waals surface area contributed by atoms with Gasteiger partial charge in [0.05, 0.1) is 0 Å². The molecule has 0 radical (unpaired) electrons. The molecule has 0 amide bonds. The van der Waals surface area contributed by atoms with Gasteiger partial charge in [-0.1, -0.05) is 0 Å². The van der Waals surface area contributed by atoms with Crippen molar-refractivity contribution in [1.82, 2.24) is 0 Å². The fourth-order valence-electron chi connectivity index (χ4n) is 0.352. The van der Waals surface area contributed by atoms with Crippen LogP contribution in [0.1, 0.15) is 12.8 Å². The second kappa shape index (κ2) is 7.06. The van der Waals surface area contributed by atoms with Crippen LogP contribution in [-0.4, -0.2) is 36.2 Å². The van der Waals surface area contributed by atoms with Crippen LogP contribution in [0.25, 0.3) is 0 Å². The molecule has 1 fully saturated rings. The number of alkyl halides is 1. The molecule has 1 saturated carbocycles. The molecule has 0 saturated heterocycles. The van der Waals surface area contributed by atoms with E-state index in [-0.39, 0.29) is 0 Å². The zero-order valence-electron chi connectivity index (χ0n) is 7.17. The van der Waals surface area contributed by atoms with Crippen LogP contribution in [0.15, 0.2) is 0 Å². The predicted molar refractivity (Wildman–Crippen MR) is 47.1 cm³/mol. The molecule has 5 heteroatoms. The molecule has 0 unspecified atom stereocenters. The SMILES string of the molecule is CO[SiH](OC)OC.ClC1CC1. The van der Waals surface area contributed by atoms with Gasteiger partial charge in [-0.3, -0.25) is 0 Å². The average molecular weight is 199 g/mol. The van der Waals surface area contributed by atoms with E-state index in [4.69, 9.17) is 24.9 Å². The highest BCUT2D eigenvalue weighted by molar-refractivity contribution is 6.36. The van der Waals surface area contributed by atoms with E-state index in [0.29, 0.717) is 5.38 Å². The van der Waals surface area contributed by atoms with Gasteiger partial charge >= 0.3 is 9.53 Å². The molecule has 3 nitrogen and oxygen atoms in total.